The highest BCUT2D eigenvalue weighted by Crippen LogP contribution is 2.24. The molecule has 1 heterocycles. The van der Waals surface area contributed by atoms with E-state index in [-0.39, 0.29) is 6.04 Å². The molecule has 3 nitrogen and oxygen atoms in total. The quantitative estimate of drug-likeness (QED) is 0.939. The summed E-state index contributed by atoms with van der Waals surface area (Å²) in [5.41, 5.74) is 8.62. The topological polar surface area (TPSA) is 51.8 Å². The first kappa shape index (κ1) is 13.3. The molecule has 0 bridgehead atoms. The maximum Gasteiger partial charge on any atom is 0.0757 e. The highest BCUT2D eigenvalue weighted by molar-refractivity contribution is 6.33. The lowest BCUT2D eigenvalue weighted by Gasteiger charge is -2.12. The number of nitrogens with two attached hydrogens (primary N) is 1. The molecule has 0 aliphatic rings. The minimum Gasteiger partial charge on any atom is -0.322 e. The van der Waals surface area contributed by atoms with E-state index < -0.39 is 0 Å². The molecule has 2 rings (SSSR count). The fourth-order valence-corrected chi connectivity index (χ4v) is 2.02. The second kappa shape index (κ2) is 5.65. The Bertz CT molecular complexity index is 540. The molecule has 1 aromatic carbocycles. The van der Waals surface area contributed by atoms with Gasteiger partial charge in [0.1, 0.15) is 0 Å². The molecule has 2 N–H and O–H groups in total. The Labute approximate surface area is 116 Å². The third-order valence-corrected chi connectivity index (χ3v) is 3.23. The Morgan fingerprint density at radius 2 is 2.00 bits per heavy atom. The fraction of sp³-hybridized carbons (Fsp3) is 0.231. The molecular formula is C13H13Cl2N3. The predicted molar refractivity (Wildman–Crippen MR) is 73.9 cm³/mol. The molecule has 0 saturated heterocycles. The highest BCUT2D eigenvalue weighted by atomic mass is 35.5. The number of aromatic nitrogens is 2. The van der Waals surface area contributed by atoms with Crippen molar-refractivity contribution in [3.8, 4) is 0 Å². The van der Waals surface area contributed by atoms with E-state index in [2.05, 4.69) is 9.97 Å². The Balaban J connectivity index is 2.18. The number of hydrogen-bond acceptors (Lipinski definition) is 3. The molecule has 0 fully saturated rings. The van der Waals surface area contributed by atoms with E-state index in [1.165, 1.54) is 0 Å². The van der Waals surface area contributed by atoms with Crippen LogP contribution in [0.5, 0.6) is 0 Å². The summed E-state index contributed by atoms with van der Waals surface area (Å²) in [5.74, 6) is 0. The smallest absolute Gasteiger partial charge is 0.0757 e. The Morgan fingerprint density at radius 3 is 2.67 bits per heavy atom. The molecule has 1 atom stereocenters. The van der Waals surface area contributed by atoms with E-state index in [1.54, 1.807) is 24.5 Å². The minimum absolute atomic E-state index is 0.242. The van der Waals surface area contributed by atoms with Gasteiger partial charge in [0.15, 0.2) is 0 Å². The van der Waals surface area contributed by atoms with Crippen LogP contribution in [0.1, 0.15) is 23.0 Å². The van der Waals surface area contributed by atoms with Gasteiger partial charge in [-0.25, -0.2) is 0 Å². The van der Waals surface area contributed by atoms with Crippen LogP contribution in [0.2, 0.25) is 10.0 Å². The molecule has 0 aliphatic heterocycles. The maximum atomic E-state index is 6.10. The normalized spacial score (nSPS) is 12.4. The average Bonchev–Trinajstić information content (AvgIpc) is 2.34. The van der Waals surface area contributed by atoms with Crippen molar-refractivity contribution in [2.24, 2.45) is 5.73 Å². The van der Waals surface area contributed by atoms with Gasteiger partial charge in [0.2, 0.25) is 0 Å². The molecule has 94 valence electrons. The van der Waals surface area contributed by atoms with Crippen LogP contribution in [0.3, 0.4) is 0 Å². The second-order valence-corrected chi connectivity index (χ2v) is 4.97. The van der Waals surface area contributed by atoms with Crippen molar-refractivity contribution in [2.45, 2.75) is 19.4 Å². The van der Waals surface area contributed by atoms with Gasteiger partial charge in [-0.2, -0.15) is 0 Å². The van der Waals surface area contributed by atoms with Gasteiger partial charge >= 0.3 is 0 Å². The second-order valence-electron chi connectivity index (χ2n) is 4.13. The molecule has 0 saturated carbocycles. The molecule has 1 aromatic heterocycles. The van der Waals surface area contributed by atoms with Crippen LogP contribution >= 0.6 is 23.2 Å². The van der Waals surface area contributed by atoms with Gasteiger partial charge in [0, 0.05) is 16.2 Å². The molecule has 18 heavy (non-hydrogen) atoms. The van der Waals surface area contributed by atoms with Gasteiger partial charge < -0.3 is 5.73 Å². The van der Waals surface area contributed by atoms with Crippen LogP contribution in [0, 0.1) is 6.92 Å². The van der Waals surface area contributed by atoms with Crippen LogP contribution in [-0.4, -0.2) is 9.97 Å². The zero-order valence-electron chi connectivity index (χ0n) is 9.90. The van der Waals surface area contributed by atoms with Gasteiger partial charge in [-0.05, 0) is 37.1 Å². The van der Waals surface area contributed by atoms with E-state index in [0.29, 0.717) is 16.5 Å². The molecule has 0 spiro atoms. The van der Waals surface area contributed by atoms with Gasteiger partial charge in [-0.1, -0.05) is 23.2 Å². The molecule has 2 aromatic rings. The summed E-state index contributed by atoms with van der Waals surface area (Å²) >= 11 is 12.0. The molecule has 1 unspecified atom stereocenters. The zero-order chi connectivity index (χ0) is 13.1. The van der Waals surface area contributed by atoms with Gasteiger partial charge in [-0.3, -0.25) is 9.97 Å². The van der Waals surface area contributed by atoms with E-state index >= 15 is 0 Å². The Morgan fingerprint density at radius 1 is 1.22 bits per heavy atom. The molecule has 0 radical (unpaired) electrons. The zero-order valence-corrected chi connectivity index (χ0v) is 11.4. The van der Waals surface area contributed by atoms with Crippen LogP contribution < -0.4 is 5.73 Å². The van der Waals surface area contributed by atoms with Crippen molar-refractivity contribution in [3.63, 3.8) is 0 Å². The summed E-state index contributed by atoms with van der Waals surface area (Å²) in [7, 11) is 0. The van der Waals surface area contributed by atoms with Crippen molar-refractivity contribution < 1.29 is 0 Å². The Hall–Kier alpha value is -1.16. The van der Waals surface area contributed by atoms with E-state index in [9.17, 15) is 0 Å². The number of hydrogen-bond donors (Lipinski definition) is 1. The van der Waals surface area contributed by atoms with E-state index in [1.807, 2.05) is 13.0 Å². The minimum atomic E-state index is -0.242. The lowest BCUT2D eigenvalue weighted by atomic mass is 10.0. The number of rotatable bonds is 3. The summed E-state index contributed by atoms with van der Waals surface area (Å²) in [4.78, 5) is 8.44. The summed E-state index contributed by atoms with van der Waals surface area (Å²) in [6.07, 6.45) is 3.98. The first-order chi connectivity index (χ1) is 8.56. The molecule has 0 aliphatic carbocycles. The van der Waals surface area contributed by atoms with Crippen LogP contribution in [0.25, 0.3) is 0 Å². The lowest BCUT2D eigenvalue weighted by Crippen LogP contribution is -2.15. The molecule has 0 amide bonds. The largest absolute Gasteiger partial charge is 0.322 e. The van der Waals surface area contributed by atoms with Crippen molar-refractivity contribution in [3.05, 3.63) is 57.6 Å². The fourth-order valence-electron chi connectivity index (χ4n) is 1.64. The van der Waals surface area contributed by atoms with Crippen molar-refractivity contribution in [1.29, 1.82) is 0 Å². The van der Waals surface area contributed by atoms with Crippen LogP contribution in [0.4, 0.5) is 0 Å². The van der Waals surface area contributed by atoms with E-state index in [4.69, 9.17) is 28.9 Å². The maximum absolute atomic E-state index is 6.10. The summed E-state index contributed by atoms with van der Waals surface area (Å²) < 4.78 is 0. The van der Waals surface area contributed by atoms with Crippen LogP contribution in [-0.2, 0) is 6.42 Å². The first-order valence-corrected chi connectivity index (χ1v) is 6.30. The average molecular weight is 282 g/mol. The monoisotopic (exact) mass is 281 g/mol. The van der Waals surface area contributed by atoms with Crippen LogP contribution in [0.15, 0.2) is 30.6 Å². The van der Waals surface area contributed by atoms with Gasteiger partial charge in [0.05, 0.1) is 23.6 Å². The van der Waals surface area contributed by atoms with Gasteiger partial charge in [0.25, 0.3) is 0 Å². The molecular weight excluding hydrogens is 269 g/mol. The third kappa shape index (κ3) is 3.19. The van der Waals surface area contributed by atoms with E-state index in [0.717, 1.165) is 17.0 Å². The highest BCUT2D eigenvalue weighted by Gasteiger charge is 2.11. The van der Waals surface area contributed by atoms with Crippen molar-refractivity contribution >= 4 is 23.2 Å². The SMILES string of the molecule is Cc1cnc(C(N)Cc2cc(Cl)ccc2Cl)cn1. The number of nitrogens with zero attached hydrogens (tertiary/aromatic N) is 2. The molecule has 5 heteroatoms. The van der Waals surface area contributed by atoms with Gasteiger partial charge in [-0.15, -0.1) is 0 Å². The first-order valence-electron chi connectivity index (χ1n) is 5.54. The summed E-state index contributed by atoms with van der Waals surface area (Å²) in [6.45, 7) is 1.89. The lowest BCUT2D eigenvalue weighted by molar-refractivity contribution is 0.689. The van der Waals surface area contributed by atoms with Crippen molar-refractivity contribution in [1.82, 2.24) is 9.97 Å². The van der Waals surface area contributed by atoms with Crippen molar-refractivity contribution in [2.75, 3.05) is 0 Å². The third-order valence-electron chi connectivity index (χ3n) is 2.63. The number of aryl methyl sites for hydroxylation is 1. The number of benzene rings is 1. The number of halogens is 2. The summed E-state index contributed by atoms with van der Waals surface area (Å²) in [6, 6.07) is 5.11. The predicted octanol–water partition coefficient (Wildman–Crippen LogP) is 3.33. The Kier molecular flexibility index (Phi) is 4.17. The summed E-state index contributed by atoms with van der Waals surface area (Å²) in [5, 5.41) is 1.31. The standard InChI is InChI=1S/C13H13Cl2N3/c1-8-6-18-13(7-17-8)12(16)5-9-4-10(14)2-3-11(9)15/h2-4,6-7,12H,5,16H2,1H3.